The summed E-state index contributed by atoms with van der Waals surface area (Å²) < 4.78 is 1.00. The zero-order valence-corrected chi connectivity index (χ0v) is 13.4. The van der Waals surface area contributed by atoms with E-state index in [4.69, 9.17) is 5.73 Å². The number of carbonyl (C=O) groups excluding carboxylic acids is 1. The number of rotatable bonds is 4. The number of nitrogens with one attached hydrogen (secondary N) is 1. The minimum atomic E-state index is 0.0394. The second-order valence-corrected chi connectivity index (χ2v) is 7.68. The fourth-order valence-corrected chi connectivity index (χ4v) is 4.63. The van der Waals surface area contributed by atoms with E-state index in [-0.39, 0.29) is 5.91 Å². The van der Waals surface area contributed by atoms with E-state index in [0.29, 0.717) is 16.1 Å². The maximum Gasteiger partial charge on any atom is 0.236 e. The zero-order valence-electron chi connectivity index (χ0n) is 11.8. The molecular weight excluding hydrogens is 302 g/mol. The number of hydrogen-bond donors (Lipinski definition) is 2. The normalized spacial score (nSPS) is 16.2. The fourth-order valence-electron chi connectivity index (χ4n) is 2.58. The van der Waals surface area contributed by atoms with E-state index in [2.05, 4.69) is 10.3 Å². The van der Waals surface area contributed by atoms with Gasteiger partial charge in [-0.1, -0.05) is 30.6 Å². The molecule has 0 spiro atoms. The van der Waals surface area contributed by atoms with Crippen LogP contribution in [0, 0.1) is 0 Å². The fraction of sp³-hybridized carbons (Fsp3) is 0.467. The molecule has 1 saturated carbocycles. The molecular formula is C15H19N3OS2. The molecule has 0 atom stereocenters. The number of amides is 1. The largest absolute Gasteiger partial charge is 0.399 e. The van der Waals surface area contributed by atoms with Gasteiger partial charge in [0.2, 0.25) is 5.91 Å². The van der Waals surface area contributed by atoms with Crippen molar-refractivity contribution in [2.24, 2.45) is 0 Å². The first-order valence-corrected chi connectivity index (χ1v) is 9.15. The first-order chi connectivity index (χ1) is 10.2. The smallest absolute Gasteiger partial charge is 0.236 e. The van der Waals surface area contributed by atoms with Crippen molar-refractivity contribution in [3.05, 3.63) is 18.2 Å². The molecule has 112 valence electrons. The highest BCUT2D eigenvalue weighted by Gasteiger charge is 2.16. The number of carbonyl (C=O) groups is 1. The number of thioether (sulfide) groups is 1. The molecule has 0 aliphatic heterocycles. The highest BCUT2D eigenvalue weighted by Crippen LogP contribution is 2.29. The van der Waals surface area contributed by atoms with Gasteiger partial charge in [-0.3, -0.25) is 4.79 Å². The third-order valence-corrected chi connectivity index (χ3v) is 5.97. The molecule has 1 amide bonds. The van der Waals surface area contributed by atoms with Gasteiger partial charge < -0.3 is 11.1 Å². The lowest BCUT2D eigenvalue weighted by molar-refractivity contribution is -0.113. The van der Waals surface area contributed by atoms with Crippen LogP contribution in [0.1, 0.15) is 32.1 Å². The van der Waals surface area contributed by atoms with Gasteiger partial charge in [0.25, 0.3) is 0 Å². The summed E-state index contributed by atoms with van der Waals surface area (Å²) in [4.78, 5) is 16.4. The molecule has 1 aromatic heterocycles. The Kier molecular flexibility index (Phi) is 4.65. The molecule has 1 aromatic carbocycles. The van der Waals surface area contributed by atoms with Crippen molar-refractivity contribution >= 4 is 50.0 Å². The van der Waals surface area contributed by atoms with Gasteiger partial charge in [0.1, 0.15) is 0 Å². The van der Waals surface area contributed by atoms with Gasteiger partial charge in [-0.05, 0) is 31.0 Å². The number of aromatic nitrogens is 1. The van der Waals surface area contributed by atoms with E-state index < -0.39 is 0 Å². The van der Waals surface area contributed by atoms with Gasteiger partial charge in [0, 0.05) is 10.9 Å². The molecule has 1 aliphatic rings. The van der Waals surface area contributed by atoms with Crippen LogP contribution < -0.4 is 11.1 Å². The standard InChI is InChI=1S/C15H19N3OS2/c16-10-6-7-12-13(8-10)21-15(17-12)18-14(19)9-20-11-4-2-1-3-5-11/h6-8,11H,1-5,9,16H2,(H,17,18,19). The monoisotopic (exact) mass is 321 g/mol. The van der Waals surface area contributed by atoms with Crippen molar-refractivity contribution in [3.63, 3.8) is 0 Å². The number of nitrogen functional groups attached to an aromatic ring is 1. The maximum absolute atomic E-state index is 12.0. The van der Waals surface area contributed by atoms with E-state index in [0.717, 1.165) is 15.9 Å². The van der Waals surface area contributed by atoms with Gasteiger partial charge in [0.05, 0.1) is 16.0 Å². The Morgan fingerprint density at radius 3 is 3.00 bits per heavy atom. The van der Waals surface area contributed by atoms with E-state index in [1.165, 1.54) is 43.4 Å². The second kappa shape index (κ2) is 6.66. The van der Waals surface area contributed by atoms with Crippen LogP contribution >= 0.6 is 23.1 Å². The first-order valence-electron chi connectivity index (χ1n) is 7.28. The average Bonchev–Trinajstić information content (AvgIpc) is 2.87. The van der Waals surface area contributed by atoms with Crippen molar-refractivity contribution in [1.29, 1.82) is 0 Å². The van der Waals surface area contributed by atoms with E-state index in [1.54, 1.807) is 11.8 Å². The number of nitrogens with zero attached hydrogens (tertiary/aromatic N) is 1. The van der Waals surface area contributed by atoms with Crippen LogP contribution in [0.4, 0.5) is 10.8 Å². The lowest BCUT2D eigenvalue weighted by Gasteiger charge is -2.20. The summed E-state index contributed by atoms with van der Waals surface area (Å²) in [5, 5.41) is 4.21. The number of anilines is 2. The summed E-state index contributed by atoms with van der Waals surface area (Å²) in [5.41, 5.74) is 7.35. The van der Waals surface area contributed by atoms with Crippen molar-refractivity contribution in [1.82, 2.24) is 4.98 Å². The van der Waals surface area contributed by atoms with E-state index in [1.807, 2.05) is 18.2 Å². The average molecular weight is 321 g/mol. The molecule has 3 N–H and O–H groups in total. The highest BCUT2D eigenvalue weighted by atomic mass is 32.2. The summed E-state index contributed by atoms with van der Waals surface area (Å²) in [7, 11) is 0. The van der Waals surface area contributed by atoms with Crippen LogP contribution in [-0.2, 0) is 4.79 Å². The lowest BCUT2D eigenvalue weighted by atomic mass is 10.0. The molecule has 0 bridgehead atoms. The Balaban J connectivity index is 1.55. The second-order valence-electron chi connectivity index (χ2n) is 5.37. The topological polar surface area (TPSA) is 68.0 Å². The van der Waals surface area contributed by atoms with Crippen LogP contribution in [0.2, 0.25) is 0 Å². The number of fused-ring (bicyclic) bond motifs is 1. The molecule has 0 unspecified atom stereocenters. The summed E-state index contributed by atoms with van der Waals surface area (Å²) in [6.07, 6.45) is 6.45. The molecule has 2 aromatic rings. The predicted molar refractivity (Wildman–Crippen MR) is 92.0 cm³/mol. The third-order valence-electron chi connectivity index (χ3n) is 3.66. The quantitative estimate of drug-likeness (QED) is 0.839. The van der Waals surface area contributed by atoms with Crippen LogP contribution in [0.3, 0.4) is 0 Å². The number of thiazole rings is 1. The van der Waals surface area contributed by atoms with Crippen LogP contribution in [0.15, 0.2) is 18.2 Å². The first kappa shape index (κ1) is 14.7. The summed E-state index contributed by atoms with van der Waals surface area (Å²) in [5.74, 6) is 0.556. The molecule has 6 heteroatoms. The lowest BCUT2D eigenvalue weighted by Crippen LogP contribution is -2.17. The van der Waals surface area contributed by atoms with E-state index in [9.17, 15) is 4.79 Å². The maximum atomic E-state index is 12.0. The number of nitrogens with two attached hydrogens (primary N) is 1. The number of hydrogen-bond acceptors (Lipinski definition) is 5. The summed E-state index contributed by atoms with van der Waals surface area (Å²) >= 11 is 3.25. The van der Waals surface area contributed by atoms with Crippen molar-refractivity contribution in [3.8, 4) is 0 Å². The highest BCUT2D eigenvalue weighted by molar-refractivity contribution is 8.00. The van der Waals surface area contributed by atoms with Crippen molar-refractivity contribution in [2.75, 3.05) is 16.8 Å². The van der Waals surface area contributed by atoms with Gasteiger partial charge in [-0.15, -0.1) is 11.8 Å². The molecule has 4 nitrogen and oxygen atoms in total. The third kappa shape index (κ3) is 3.89. The SMILES string of the molecule is Nc1ccc2nc(NC(=O)CSC3CCCCC3)sc2c1. The molecule has 0 radical (unpaired) electrons. The van der Waals surface area contributed by atoms with Crippen LogP contribution in [-0.4, -0.2) is 21.9 Å². The van der Waals surface area contributed by atoms with Gasteiger partial charge >= 0.3 is 0 Å². The molecule has 1 fully saturated rings. The molecule has 21 heavy (non-hydrogen) atoms. The van der Waals surface area contributed by atoms with Crippen LogP contribution in [0.25, 0.3) is 10.2 Å². The van der Waals surface area contributed by atoms with Gasteiger partial charge in [-0.25, -0.2) is 4.98 Å². The van der Waals surface area contributed by atoms with E-state index >= 15 is 0 Å². The Hall–Kier alpha value is -1.27. The van der Waals surface area contributed by atoms with Crippen molar-refractivity contribution < 1.29 is 4.79 Å². The minimum absolute atomic E-state index is 0.0394. The Bertz CT molecular complexity index is 635. The Morgan fingerprint density at radius 2 is 2.19 bits per heavy atom. The zero-order chi connectivity index (χ0) is 14.7. The van der Waals surface area contributed by atoms with Crippen molar-refractivity contribution in [2.45, 2.75) is 37.4 Å². The molecule has 1 heterocycles. The summed E-state index contributed by atoms with van der Waals surface area (Å²) in [6.45, 7) is 0. The minimum Gasteiger partial charge on any atom is -0.399 e. The predicted octanol–water partition coefficient (Wildman–Crippen LogP) is 3.88. The Morgan fingerprint density at radius 1 is 1.38 bits per heavy atom. The van der Waals surface area contributed by atoms with Gasteiger partial charge in [-0.2, -0.15) is 0 Å². The molecule has 3 rings (SSSR count). The van der Waals surface area contributed by atoms with Crippen LogP contribution in [0.5, 0.6) is 0 Å². The summed E-state index contributed by atoms with van der Waals surface area (Å²) in [6, 6.07) is 5.60. The molecule has 0 saturated heterocycles. The number of benzene rings is 1. The molecule has 1 aliphatic carbocycles. The Labute approximate surface area is 132 Å². The van der Waals surface area contributed by atoms with Gasteiger partial charge in [0.15, 0.2) is 5.13 Å².